The van der Waals surface area contributed by atoms with Gasteiger partial charge in [0.15, 0.2) is 5.16 Å². The van der Waals surface area contributed by atoms with Gasteiger partial charge in [0.2, 0.25) is 5.91 Å². The van der Waals surface area contributed by atoms with E-state index in [-0.39, 0.29) is 11.2 Å². The van der Waals surface area contributed by atoms with Crippen LogP contribution in [0.15, 0.2) is 22.7 Å². The number of carbonyl (C=O) groups is 1. The second kappa shape index (κ2) is 6.26. The number of nitrogens with zero attached hydrogens (tertiary/aromatic N) is 3. The first-order valence-electron chi connectivity index (χ1n) is 7.15. The quantitative estimate of drug-likeness (QED) is 0.690. The van der Waals surface area contributed by atoms with Crippen molar-refractivity contribution >= 4 is 34.8 Å². The minimum absolute atomic E-state index is 0.130. The first-order chi connectivity index (χ1) is 10.5. The number of nitrogen functional groups attached to an aromatic ring is 1. The molecular formula is C15H18N4OS2. The van der Waals surface area contributed by atoms with Crippen LogP contribution >= 0.6 is 23.1 Å². The van der Waals surface area contributed by atoms with Crippen molar-refractivity contribution < 1.29 is 4.79 Å². The Kier molecular flexibility index (Phi) is 4.35. The highest BCUT2D eigenvalue weighted by Crippen LogP contribution is 2.27. The maximum absolute atomic E-state index is 12.6. The summed E-state index contributed by atoms with van der Waals surface area (Å²) in [5, 5.41) is 2.44. The monoisotopic (exact) mass is 334 g/mol. The topological polar surface area (TPSA) is 72.1 Å². The van der Waals surface area contributed by atoms with E-state index in [9.17, 15) is 4.79 Å². The first-order valence-corrected chi connectivity index (χ1v) is 8.90. The third-order valence-electron chi connectivity index (χ3n) is 3.60. The fraction of sp³-hybridized carbons (Fsp3) is 0.400. The highest BCUT2D eigenvalue weighted by Gasteiger charge is 2.26. The van der Waals surface area contributed by atoms with Gasteiger partial charge < -0.3 is 10.6 Å². The van der Waals surface area contributed by atoms with E-state index < -0.39 is 0 Å². The van der Waals surface area contributed by atoms with Crippen LogP contribution in [0.3, 0.4) is 0 Å². The van der Waals surface area contributed by atoms with Gasteiger partial charge >= 0.3 is 0 Å². The first kappa shape index (κ1) is 15.3. The van der Waals surface area contributed by atoms with Crippen LogP contribution < -0.4 is 5.73 Å². The zero-order chi connectivity index (χ0) is 15.7. The minimum Gasteiger partial charge on any atom is -0.384 e. The lowest BCUT2D eigenvalue weighted by molar-refractivity contribution is -0.131. The van der Waals surface area contributed by atoms with Gasteiger partial charge in [0.1, 0.15) is 5.82 Å². The summed E-state index contributed by atoms with van der Waals surface area (Å²) in [6.45, 7) is 5.27. The summed E-state index contributed by atoms with van der Waals surface area (Å²) in [5.41, 5.74) is 7.83. The van der Waals surface area contributed by atoms with Crippen molar-refractivity contribution in [1.82, 2.24) is 14.9 Å². The molecule has 1 aliphatic rings. The predicted octanol–water partition coefficient (Wildman–Crippen LogP) is 2.49. The van der Waals surface area contributed by atoms with Crippen molar-refractivity contribution in [2.24, 2.45) is 0 Å². The third kappa shape index (κ3) is 3.25. The molecule has 0 saturated carbocycles. The Balaban J connectivity index is 1.67. The Morgan fingerprint density at radius 1 is 1.50 bits per heavy atom. The van der Waals surface area contributed by atoms with Crippen LogP contribution in [0.1, 0.15) is 23.1 Å². The summed E-state index contributed by atoms with van der Waals surface area (Å²) < 4.78 is 0. The number of hydrogen-bond donors (Lipinski definition) is 1. The van der Waals surface area contributed by atoms with E-state index in [1.165, 1.54) is 22.2 Å². The zero-order valence-corrected chi connectivity index (χ0v) is 14.2. The van der Waals surface area contributed by atoms with E-state index >= 15 is 0 Å². The maximum Gasteiger partial charge on any atom is 0.236 e. The van der Waals surface area contributed by atoms with Crippen molar-refractivity contribution in [1.29, 1.82) is 0 Å². The number of fused-ring (bicyclic) bond motifs is 1. The molecule has 1 amide bonds. The molecule has 3 rings (SSSR count). The molecule has 0 radical (unpaired) electrons. The fourth-order valence-electron chi connectivity index (χ4n) is 2.52. The van der Waals surface area contributed by atoms with Gasteiger partial charge in [0, 0.05) is 29.7 Å². The Bertz CT molecular complexity index is 680. The average Bonchev–Trinajstić information content (AvgIpc) is 2.92. The molecule has 2 aromatic rings. The van der Waals surface area contributed by atoms with Gasteiger partial charge in [-0.2, -0.15) is 0 Å². The van der Waals surface area contributed by atoms with Gasteiger partial charge in [-0.15, -0.1) is 11.3 Å². The number of aryl methyl sites for hydroxylation is 1. The number of nitrogens with two attached hydrogens (primary N) is 1. The largest absolute Gasteiger partial charge is 0.384 e. The summed E-state index contributed by atoms with van der Waals surface area (Å²) in [6, 6.07) is 3.83. The van der Waals surface area contributed by atoms with E-state index in [2.05, 4.69) is 21.4 Å². The summed E-state index contributed by atoms with van der Waals surface area (Å²) >= 11 is 3.14. The molecule has 2 aromatic heterocycles. The summed E-state index contributed by atoms with van der Waals surface area (Å²) in [6.07, 6.45) is 0.948. The molecule has 3 heterocycles. The number of anilines is 1. The van der Waals surface area contributed by atoms with Gasteiger partial charge in [-0.25, -0.2) is 9.97 Å². The van der Waals surface area contributed by atoms with Crippen molar-refractivity contribution in [3.63, 3.8) is 0 Å². The molecule has 22 heavy (non-hydrogen) atoms. The van der Waals surface area contributed by atoms with Gasteiger partial charge in [0.25, 0.3) is 0 Å². The summed E-state index contributed by atoms with van der Waals surface area (Å²) in [4.78, 5) is 24.5. The van der Waals surface area contributed by atoms with Crippen LogP contribution in [0.5, 0.6) is 0 Å². The standard InChI is InChI=1S/C15H18N4OS2/c1-9-7-13(16)18-15(17-9)22-10(2)14(20)19-5-3-12-11(8-19)4-6-21-12/h4,6-7,10H,3,5,8H2,1-2H3,(H2,16,17,18). The van der Waals surface area contributed by atoms with Gasteiger partial charge in [-0.1, -0.05) is 11.8 Å². The molecule has 0 saturated heterocycles. The fourth-order valence-corrected chi connectivity index (χ4v) is 4.33. The summed E-state index contributed by atoms with van der Waals surface area (Å²) in [7, 11) is 0. The highest BCUT2D eigenvalue weighted by molar-refractivity contribution is 8.00. The molecule has 0 aromatic carbocycles. The summed E-state index contributed by atoms with van der Waals surface area (Å²) in [5.74, 6) is 0.570. The second-order valence-corrected chi connectivity index (χ2v) is 7.66. The zero-order valence-electron chi connectivity index (χ0n) is 12.6. The molecule has 116 valence electrons. The molecular weight excluding hydrogens is 316 g/mol. The lowest BCUT2D eigenvalue weighted by Gasteiger charge is -2.29. The third-order valence-corrected chi connectivity index (χ3v) is 5.57. The van der Waals surface area contributed by atoms with Crippen LogP contribution in [0.25, 0.3) is 0 Å². The number of thioether (sulfide) groups is 1. The van der Waals surface area contributed by atoms with E-state index in [0.717, 1.165) is 18.7 Å². The number of amides is 1. The van der Waals surface area contributed by atoms with Crippen molar-refractivity contribution in [3.8, 4) is 0 Å². The number of thiophene rings is 1. The Morgan fingerprint density at radius 2 is 2.32 bits per heavy atom. The van der Waals surface area contributed by atoms with E-state index in [0.29, 0.717) is 17.5 Å². The molecule has 1 unspecified atom stereocenters. The molecule has 7 heteroatoms. The Hall–Kier alpha value is -1.60. The maximum atomic E-state index is 12.6. The lowest BCUT2D eigenvalue weighted by atomic mass is 10.1. The number of hydrogen-bond acceptors (Lipinski definition) is 6. The molecule has 0 spiro atoms. The molecule has 2 N–H and O–H groups in total. The van der Waals surface area contributed by atoms with Crippen LogP contribution in [-0.2, 0) is 17.8 Å². The normalized spacial score (nSPS) is 15.5. The van der Waals surface area contributed by atoms with Gasteiger partial charge in [0.05, 0.1) is 5.25 Å². The van der Waals surface area contributed by atoms with Crippen molar-refractivity contribution in [2.45, 2.75) is 37.2 Å². The molecule has 0 aliphatic carbocycles. The number of rotatable bonds is 3. The Morgan fingerprint density at radius 3 is 3.09 bits per heavy atom. The van der Waals surface area contributed by atoms with E-state index in [1.54, 1.807) is 17.4 Å². The van der Waals surface area contributed by atoms with E-state index in [1.807, 2.05) is 18.7 Å². The SMILES string of the molecule is Cc1cc(N)nc(SC(C)C(=O)N2CCc3sccc3C2)n1. The molecule has 0 fully saturated rings. The van der Waals surface area contributed by atoms with Crippen LogP contribution in [0, 0.1) is 6.92 Å². The van der Waals surface area contributed by atoms with Gasteiger partial charge in [-0.05, 0) is 37.3 Å². The van der Waals surface area contributed by atoms with Gasteiger partial charge in [-0.3, -0.25) is 4.79 Å². The number of aromatic nitrogens is 2. The van der Waals surface area contributed by atoms with Crippen molar-refractivity contribution in [3.05, 3.63) is 33.6 Å². The highest BCUT2D eigenvalue weighted by atomic mass is 32.2. The van der Waals surface area contributed by atoms with E-state index in [4.69, 9.17) is 5.73 Å². The molecule has 0 bridgehead atoms. The second-order valence-electron chi connectivity index (χ2n) is 5.36. The van der Waals surface area contributed by atoms with Crippen LogP contribution in [0.2, 0.25) is 0 Å². The molecule has 1 aliphatic heterocycles. The predicted molar refractivity (Wildman–Crippen MR) is 89.9 cm³/mol. The molecule has 1 atom stereocenters. The molecule has 5 nitrogen and oxygen atoms in total. The average molecular weight is 334 g/mol. The van der Waals surface area contributed by atoms with Crippen LogP contribution in [0.4, 0.5) is 5.82 Å². The Labute approximate surface area is 138 Å². The van der Waals surface area contributed by atoms with Crippen LogP contribution in [-0.4, -0.2) is 32.6 Å². The number of carbonyl (C=O) groups excluding carboxylic acids is 1. The minimum atomic E-state index is -0.221. The lowest BCUT2D eigenvalue weighted by Crippen LogP contribution is -2.39. The smallest absolute Gasteiger partial charge is 0.236 e. The van der Waals surface area contributed by atoms with Crippen molar-refractivity contribution in [2.75, 3.05) is 12.3 Å².